The molecule has 0 spiro atoms. The van der Waals surface area contributed by atoms with Crippen molar-refractivity contribution in [1.82, 2.24) is 20.2 Å². The number of carbonyl (C=O) groups is 1. The van der Waals surface area contributed by atoms with Crippen molar-refractivity contribution in [3.8, 4) is 11.4 Å². The number of methoxy groups -OCH3 is 1. The van der Waals surface area contributed by atoms with Gasteiger partial charge in [0.1, 0.15) is 12.1 Å². The van der Waals surface area contributed by atoms with Crippen molar-refractivity contribution in [3.63, 3.8) is 0 Å². The highest BCUT2D eigenvalue weighted by atomic mass is 32.2. The van der Waals surface area contributed by atoms with E-state index in [4.69, 9.17) is 4.74 Å². The summed E-state index contributed by atoms with van der Waals surface area (Å²) >= 11 is 0. The number of ether oxygens (including phenoxy) is 1. The molecule has 0 bridgehead atoms. The molecule has 1 N–H and O–H groups in total. The van der Waals surface area contributed by atoms with Gasteiger partial charge < -0.3 is 10.1 Å². The van der Waals surface area contributed by atoms with Gasteiger partial charge in [-0.1, -0.05) is 24.3 Å². The predicted molar refractivity (Wildman–Crippen MR) is 127 cm³/mol. The Kier molecular flexibility index (Phi) is 6.55. The molecule has 34 heavy (non-hydrogen) atoms. The summed E-state index contributed by atoms with van der Waals surface area (Å²) in [5.74, 6) is -0.120. The first-order valence-corrected chi connectivity index (χ1v) is 11.8. The first kappa shape index (κ1) is 22.9. The maximum absolute atomic E-state index is 13.4. The number of nitrogens with zero attached hydrogens (tertiary/aromatic N) is 5. The number of rotatable bonds is 8. The fraction of sp³-hybridized carbons (Fsp3) is 0.130. The van der Waals surface area contributed by atoms with Crippen LogP contribution in [0, 0.1) is 0 Å². The Labute approximate surface area is 196 Å². The Bertz CT molecular complexity index is 1390. The van der Waals surface area contributed by atoms with E-state index in [1.165, 1.54) is 40.6 Å². The quantitative estimate of drug-likeness (QED) is 0.413. The third kappa shape index (κ3) is 4.59. The molecule has 0 fully saturated rings. The predicted octanol–water partition coefficient (Wildman–Crippen LogP) is 3.14. The Morgan fingerprint density at radius 3 is 2.53 bits per heavy atom. The highest BCUT2D eigenvalue weighted by Gasteiger charge is 2.25. The Morgan fingerprint density at radius 1 is 1.06 bits per heavy atom. The Balaban J connectivity index is 1.66. The number of benzene rings is 3. The number of anilines is 2. The molecule has 1 heterocycles. The summed E-state index contributed by atoms with van der Waals surface area (Å²) in [6.45, 7) is 2.00. The fourth-order valence-corrected chi connectivity index (χ4v) is 4.92. The van der Waals surface area contributed by atoms with Crippen LogP contribution in [-0.2, 0) is 10.0 Å². The third-order valence-corrected chi connectivity index (χ3v) is 6.96. The van der Waals surface area contributed by atoms with E-state index in [0.29, 0.717) is 22.7 Å². The second-order valence-electron chi connectivity index (χ2n) is 7.13. The van der Waals surface area contributed by atoms with Crippen LogP contribution in [-0.4, -0.2) is 48.2 Å². The minimum absolute atomic E-state index is 0.0248. The van der Waals surface area contributed by atoms with Crippen molar-refractivity contribution in [2.45, 2.75) is 11.8 Å². The Hall–Kier alpha value is -4.25. The van der Waals surface area contributed by atoms with Crippen LogP contribution in [0.2, 0.25) is 0 Å². The number of hydrogen-bond donors (Lipinski definition) is 1. The van der Waals surface area contributed by atoms with Gasteiger partial charge in [0.2, 0.25) is 0 Å². The zero-order valence-electron chi connectivity index (χ0n) is 18.5. The minimum atomic E-state index is -3.89. The van der Waals surface area contributed by atoms with Crippen LogP contribution >= 0.6 is 0 Å². The molecule has 1 aromatic heterocycles. The summed E-state index contributed by atoms with van der Waals surface area (Å²) in [5.41, 5.74) is 1.71. The topological polar surface area (TPSA) is 119 Å². The summed E-state index contributed by atoms with van der Waals surface area (Å²) in [4.78, 5) is 13.0. The molecule has 10 nitrogen and oxygen atoms in total. The number of tetrazole rings is 1. The zero-order chi connectivity index (χ0) is 24.1. The van der Waals surface area contributed by atoms with E-state index in [1.54, 1.807) is 55.5 Å². The minimum Gasteiger partial charge on any atom is -0.495 e. The lowest BCUT2D eigenvalue weighted by atomic mass is 10.2. The SMILES string of the molecule is CCN(c1ccccc1)S(=O)(=O)c1ccc(OC)c(NC(=O)c2cccc(-n3cnnn3)c2)c1. The van der Waals surface area contributed by atoms with E-state index < -0.39 is 15.9 Å². The molecule has 0 radical (unpaired) electrons. The molecule has 0 unspecified atom stereocenters. The molecule has 0 atom stereocenters. The van der Waals surface area contributed by atoms with Crippen LogP contribution in [0.3, 0.4) is 0 Å². The molecule has 0 saturated carbocycles. The highest BCUT2D eigenvalue weighted by molar-refractivity contribution is 7.92. The zero-order valence-corrected chi connectivity index (χ0v) is 19.3. The van der Waals surface area contributed by atoms with Gasteiger partial charge in [-0.15, -0.1) is 5.10 Å². The van der Waals surface area contributed by atoms with Crippen LogP contribution in [0.15, 0.2) is 84.0 Å². The summed E-state index contributed by atoms with van der Waals surface area (Å²) in [6, 6.07) is 19.9. The van der Waals surface area contributed by atoms with E-state index in [1.807, 2.05) is 6.07 Å². The van der Waals surface area contributed by atoms with Gasteiger partial charge in [0.25, 0.3) is 15.9 Å². The summed E-state index contributed by atoms with van der Waals surface area (Å²) in [6.07, 6.45) is 1.42. The number of amides is 1. The van der Waals surface area contributed by atoms with E-state index in [9.17, 15) is 13.2 Å². The van der Waals surface area contributed by atoms with Gasteiger partial charge in [-0.2, -0.15) is 0 Å². The molecular formula is C23H22N6O4S. The van der Waals surface area contributed by atoms with Gasteiger partial charge in [-0.3, -0.25) is 9.10 Å². The maximum Gasteiger partial charge on any atom is 0.264 e. The average molecular weight is 479 g/mol. The Morgan fingerprint density at radius 2 is 1.85 bits per heavy atom. The van der Waals surface area contributed by atoms with Gasteiger partial charge in [0.05, 0.1) is 29.1 Å². The van der Waals surface area contributed by atoms with Gasteiger partial charge in [0.15, 0.2) is 0 Å². The van der Waals surface area contributed by atoms with Crippen LogP contribution in [0.25, 0.3) is 5.69 Å². The number of sulfonamides is 1. The first-order chi connectivity index (χ1) is 16.4. The second-order valence-corrected chi connectivity index (χ2v) is 8.99. The molecule has 0 aliphatic carbocycles. The van der Waals surface area contributed by atoms with Crippen LogP contribution in [0.1, 0.15) is 17.3 Å². The largest absolute Gasteiger partial charge is 0.495 e. The lowest BCUT2D eigenvalue weighted by Gasteiger charge is -2.23. The summed E-state index contributed by atoms with van der Waals surface area (Å²) in [5, 5.41) is 13.8. The van der Waals surface area contributed by atoms with E-state index >= 15 is 0 Å². The molecular weight excluding hydrogens is 456 g/mol. The lowest BCUT2D eigenvalue weighted by Crippen LogP contribution is -2.30. The fourth-order valence-electron chi connectivity index (χ4n) is 3.42. The molecule has 174 valence electrons. The number of para-hydroxylation sites is 1. The molecule has 3 aromatic carbocycles. The summed E-state index contributed by atoms with van der Waals surface area (Å²) in [7, 11) is -2.44. The van der Waals surface area contributed by atoms with E-state index in [0.717, 1.165) is 0 Å². The van der Waals surface area contributed by atoms with Gasteiger partial charge in [0, 0.05) is 12.1 Å². The molecule has 11 heteroatoms. The number of aromatic nitrogens is 4. The molecule has 0 aliphatic heterocycles. The second kappa shape index (κ2) is 9.71. The molecule has 0 saturated heterocycles. The monoisotopic (exact) mass is 478 g/mol. The van der Waals surface area contributed by atoms with Crippen molar-refractivity contribution in [2.75, 3.05) is 23.3 Å². The van der Waals surface area contributed by atoms with Crippen molar-refractivity contribution < 1.29 is 17.9 Å². The van der Waals surface area contributed by atoms with Crippen LogP contribution < -0.4 is 14.4 Å². The summed E-state index contributed by atoms with van der Waals surface area (Å²) < 4.78 is 34.9. The number of nitrogens with one attached hydrogen (secondary N) is 1. The van der Waals surface area contributed by atoms with Crippen molar-refractivity contribution >= 4 is 27.3 Å². The molecule has 0 aliphatic rings. The van der Waals surface area contributed by atoms with Gasteiger partial charge >= 0.3 is 0 Å². The van der Waals surface area contributed by atoms with Crippen molar-refractivity contribution in [2.24, 2.45) is 0 Å². The molecule has 4 rings (SSSR count). The highest BCUT2D eigenvalue weighted by Crippen LogP contribution is 2.31. The first-order valence-electron chi connectivity index (χ1n) is 10.3. The third-order valence-electron chi connectivity index (χ3n) is 5.06. The van der Waals surface area contributed by atoms with Crippen molar-refractivity contribution in [1.29, 1.82) is 0 Å². The van der Waals surface area contributed by atoms with Gasteiger partial charge in [-0.25, -0.2) is 13.1 Å². The average Bonchev–Trinajstić information content (AvgIpc) is 3.40. The number of hydrogen-bond acceptors (Lipinski definition) is 7. The maximum atomic E-state index is 13.4. The van der Waals surface area contributed by atoms with E-state index in [2.05, 4.69) is 20.8 Å². The van der Waals surface area contributed by atoms with E-state index in [-0.39, 0.29) is 17.1 Å². The molecule has 4 aromatic rings. The smallest absolute Gasteiger partial charge is 0.264 e. The number of carbonyl (C=O) groups excluding carboxylic acids is 1. The van der Waals surface area contributed by atoms with Crippen LogP contribution in [0.4, 0.5) is 11.4 Å². The standard InChI is InChI=1S/C23H22N6O4S/c1-3-29(18-9-5-4-6-10-18)34(31,32)20-12-13-22(33-2)21(15-20)25-23(30)17-8-7-11-19(14-17)28-16-24-26-27-28/h4-16H,3H2,1-2H3,(H,25,30). The normalized spacial score (nSPS) is 11.1. The van der Waals surface area contributed by atoms with Crippen LogP contribution in [0.5, 0.6) is 5.75 Å². The van der Waals surface area contributed by atoms with Crippen molar-refractivity contribution in [3.05, 3.63) is 84.7 Å². The lowest BCUT2D eigenvalue weighted by molar-refractivity contribution is 0.102. The molecule has 1 amide bonds. The van der Waals surface area contributed by atoms with Gasteiger partial charge in [-0.05, 0) is 65.9 Å².